The molecule has 2 saturated heterocycles. The van der Waals surface area contributed by atoms with Crippen LogP contribution in [0.1, 0.15) is 41.7 Å². The van der Waals surface area contributed by atoms with E-state index in [-0.39, 0.29) is 12.4 Å². The lowest BCUT2D eigenvalue weighted by Gasteiger charge is -2.42. The molecule has 0 saturated carbocycles. The van der Waals surface area contributed by atoms with Crippen molar-refractivity contribution in [2.45, 2.75) is 43.2 Å². The van der Waals surface area contributed by atoms with Crippen molar-refractivity contribution in [3.63, 3.8) is 0 Å². The first-order valence-electron chi connectivity index (χ1n) is 9.57. The number of benzene rings is 2. The maximum atomic E-state index is 6.14. The molecule has 0 spiro atoms. The Bertz CT molecular complexity index is 928. The van der Waals surface area contributed by atoms with Crippen molar-refractivity contribution >= 4 is 35.3 Å². The van der Waals surface area contributed by atoms with Gasteiger partial charge in [-0.3, -0.25) is 4.90 Å². The minimum Gasteiger partial charge on any atom is -0.300 e. The predicted molar refractivity (Wildman–Crippen MR) is 119 cm³/mol. The van der Waals surface area contributed by atoms with E-state index in [2.05, 4.69) is 58.5 Å². The Kier molecular flexibility index (Phi) is 5.75. The Morgan fingerprint density at radius 1 is 1.00 bits per heavy atom. The van der Waals surface area contributed by atoms with E-state index in [1.165, 1.54) is 29.8 Å². The monoisotopic (exact) mass is 431 g/mol. The van der Waals surface area contributed by atoms with E-state index >= 15 is 0 Å². The standard InChI is InChI=1S/C22H22ClN3S.ClH/c1-26-17-11-12-19(26)20(18(13-17)14-7-9-16(23)10-8-14)22-25-24-21(27-22)15-5-3-2-4-6-15;/h2-10,17-20H,11-13H2,1H3;1H/t17-,18+,19+,20-;/m0./s1. The molecule has 4 atom stereocenters. The number of fused-ring (bicyclic) bond motifs is 2. The summed E-state index contributed by atoms with van der Waals surface area (Å²) in [7, 11) is 2.28. The van der Waals surface area contributed by atoms with Gasteiger partial charge in [0.25, 0.3) is 0 Å². The molecule has 2 aliphatic heterocycles. The first-order chi connectivity index (χ1) is 13.2. The average molecular weight is 432 g/mol. The molecular weight excluding hydrogens is 409 g/mol. The van der Waals surface area contributed by atoms with Gasteiger partial charge in [-0.1, -0.05) is 65.4 Å². The van der Waals surface area contributed by atoms with Crippen LogP contribution < -0.4 is 0 Å². The second-order valence-corrected chi connectivity index (χ2v) is 9.14. The Balaban J connectivity index is 0.00000192. The maximum Gasteiger partial charge on any atom is 0.147 e. The molecule has 2 aliphatic rings. The second kappa shape index (κ2) is 8.11. The zero-order chi connectivity index (χ0) is 18.4. The zero-order valence-electron chi connectivity index (χ0n) is 15.7. The Labute approximate surface area is 181 Å². The number of hydrogen-bond donors (Lipinski definition) is 0. The van der Waals surface area contributed by atoms with E-state index in [1.54, 1.807) is 11.3 Å². The Morgan fingerprint density at radius 3 is 2.50 bits per heavy atom. The van der Waals surface area contributed by atoms with Crippen molar-refractivity contribution in [1.29, 1.82) is 0 Å². The highest BCUT2D eigenvalue weighted by Gasteiger charge is 2.47. The molecule has 3 aromatic rings. The quantitative estimate of drug-likeness (QED) is 0.507. The van der Waals surface area contributed by atoms with Crippen LogP contribution in [0.25, 0.3) is 10.6 Å². The van der Waals surface area contributed by atoms with Crippen molar-refractivity contribution in [3.05, 3.63) is 70.2 Å². The fourth-order valence-electron chi connectivity index (χ4n) is 4.92. The normalized spacial score (nSPS) is 26.8. The van der Waals surface area contributed by atoms with Crippen LogP contribution in [0.4, 0.5) is 0 Å². The molecule has 2 aromatic carbocycles. The maximum absolute atomic E-state index is 6.14. The summed E-state index contributed by atoms with van der Waals surface area (Å²) in [5.41, 5.74) is 2.53. The number of aromatic nitrogens is 2. The van der Waals surface area contributed by atoms with Gasteiger partial charge in [-0.05, 0) is 49.9 Å². The van der Waals surface area contributed by atoms with Crippen LogP contribution in [0.2, 0.25) is 5.02 Å². The first-order valence-corrected chi connectivity index (χ1v) is 10.8. The Hall–Kier alpha value is -1.46. The molecule has 0 N–H and O–H groups in total. The highest BCUT2D eigenvalue weighted by atomic mass is 35.5. The van der Waals surface area contributed by atoms with E-state index in [0.717, 1.165) is 15.6 Å². The predicted octanol–water partition coefficient (Wildman–Crippen LogP) is 6.01. The molecule has 3 nitrogen and oxygen atoms in total. The smallest absolute Gasteiger partial charge is 0.147 e. The molecule has 2 fully saturated rings. The number of rotatable bonds is 3. The van der Waals surface area contributed by atoms with E-state index in [4.69, 9.17) is 11.6 Å². The van der Waals surface area contributed by atoms with Gasteiger partial charge in [0.05, 0.1) is 0 Å². The summed E-state index contributed by atoms with van der Waals surface area (Å²) in [6.45, 7) is 0. The van der Waals surface area contributed by atoms with Gasteiger partial charge in [0.15, 0.2) is 0 Å². The van der Waals surface area contributed by atoms with Crippen molar-refractivity contribution in [2.75, 3.05) is 7.05 Å². The number of nitrogens with zero attached hydrogens (tertiary/aromatic N) is 3. The molecule has 0 amide bonds. The molecule has 146 valence electrons. The topological polar surface area (TPSA) is 29.0 Å². The van der Waals surface area contributed by atoms with Crippen LogP contribution in [0.5, 0.6) is 0 Å². The van der Waals surface area contributed by atoms with Gasteiger partial charge in [-0.25, -0.2) is 0 Å². The van der Waals surface area contributed by atoms with Crippen LogP contribution in [-0.4, -0.2) is 34.2 Å². The van der Waals surface area contributed by atoms with Crippen LogP contribution in [0.15, 0.2) is 54.6 Å². The van der Waals surface area contributed by atoms with Gasteiger partial charge >= 0.3 is 0 Å². The van der Waals surface area contributed by atoms with Crippen LogP contribution in [0, 0.1) is 0 Å². The summed E-state index contributed by atoms with van der Waals surface area (Å²) in [5, 5.41) is 12.2. The third-order valence-electron chi connectivity index (χ3n) is 6.31. The highest BCUT2D eigenvalue weighted by Crippen LogP contribution is 2.51. The van der Waals surface area contributed by atoms with Crippen LogP contribution in [-0.2, 0) is 0 Å². The van der Waals surface area contributed by atoms with E-state index in [9.17, 15) is 0 Å². The molecule has 0 unspecified atom stereocenters. The summed E-state index contributed by atoms with van der Waals surface area (Å²) in [6, 6.07) is 20.0. The van der Waals surface area contributed by atoms with Crippen molar-refractivity contribution in [1.82, 2.24) is 15.1 Å². The highest BCUT2D eigenvalue weighted by molar-refractivity contribution is 7.14. The number of halogens is 2. The fourth-order valence-corrected chi connectivity index (χ4v) is 6.12. The third kappa shape index (κ3) is 3.48. The SMILES string of the molecule is CN1[C@H]2CC[C@@H]1[C@@H](c1nnc(-c3ccccc3)s1)[C@@H](c1ccc(Cl)cc1)C2.Cl. The van der Waals surface area contributed by atoms with Gasteiger partial charge < -0.3 is 0 Å². The number of likely N-dealkylation sites (N-methyl/N-ethyl adjacent to an activating group) is 1. The molecule has 2 bridgehead atoms. The van der Waals surface area contributed by atoms with Gasteiger partial charge in [0.2, 0.25) is 0 Å². The molecule has 6 heteroatoms. The summed E-state index contributed by atoms with van der Waals surface area (Å²) in [4.78, 5) is 2.58. The van der Waals surface area contributed by atoms with Crippen LogP contribution >= 0.6 is 35.3 Å². The fraction of sp³-hybridized carbons (Fsp3) is 0.364. The first kappa shape index (κ1) is 19.8. The van der Waals surface area contributed by atoms with Crippen LogP contribution in [0.3, 0.4) is 0 Å². The van der Waals surface area contributed by atoms with E-state index in [1.807, 2.05) is 18.2 Å². The van der Waals surface area contributed by atoms with Crippen molar-refractivity contribution in [2.24, 2.45) is 0 Å². The van der Waals surface area contributed by atoms with E-state index < -0.39 is 0 Å². The lowest BCUT2D eigenvalue weighted by molar-refractivity contribution is 0.137. The Morgan fingerprint density at radius 2 is 1.75 bits per heavy atom. The summed E-state index contributed by atoms with van der Waals surface area (Å²) in [6.07, 6.45) is 3.71. The molecule has 0 aliphatic carbocycles. The molecule has 0 radical (unpaired) electrons. The molecule has 28 heavy (non-hydrogen) atoms. The van der Waals surface area contributed by atoms with Gasteiger partial charge in [-0.2, -0.15) is 0 Å². The minimum absolute atomic E-state index is 0. The number of piperidine rings is 1. The van der Waals surface area contributed by atoms with Crippen molar-refractivity contribution in [3.8, 4) is 10.6 Å². The second-order valence-electron chi connectivity index (χ2n) is 7.69. The van der Waals surface area contributed by atoms with Crippen molar-refractivity contribution < 1.29 is 0 Å². The largest absolute Gasteiger partial charge is 0.300 e. The zero-order valence-corrected chi connectivity index (χ0v) is 18.1. The van der Waals surface area contributed by atoms with Gasteiger partial charge in [0.1, 0.15) is 10.0 Å². The number of hydrogen-bond acceptors (Lipinski definition) is 4. The lowest BCUT2D eigenvalue weighted by Crippen LogP contribution is -2.44. The molecule has 3 heterocycles. The summed E-state index contributed by atoms with van der Waals surface area (Å²) >= 11 is 7.90. The molecule has 1 aromatic heterocycles. The van der Waals surface area contributed by atoms with Gasteiger partial charge in [-0.15, -0.1) is 22.6 Å². The summed E-state index contributed by atoms with van der Waals surface area (Å²) in [5.74, 6) is 0.873. The van der Waals surface area contributed by atoms with E-state index in [0.29, 0.717) is 23.9 Å². The lowest BCUT2D eigenvalue weighted by atomic mass is 9.76. The van der Waals surface area contributed by atoms with Gasteiger partial charge in [0, 0.05) is 28.6 Å². The average Bonchev–Trinajstić information content (AvgIpc) is 3.26. The summed E-state index contributed by atoms with van der Waals surface area (Å²) < 4.78 is 0. The third-order valence-corrected chi connectivity index (χ3v) is 7.64. The molecule has 5 rings (SSSR count). The minimum atomic E-state index is 0. The molecular formula is C22H23Cl2N3S.